The average molecular weight is 438 g/mol. The first kappa shape index (κ1) is 24.5. The predicted octanol–water partition coefficient (Wildman–Crippen LogP) is 4.20. The number of rotatable bonds is 10. The van der Waals surface area contributed by atoms with E-state index in [1.807, 2.05) is 45.0 Å². The third-order valence-electron chi connectivity index (χ3n) is 3.94. The Morgan fingerprint density at radius 2 is 1.71 bits per heavy atom. The normalized spacial score (nSPS) is 12.2. The molecule has 0 spiro atoms. The fraction of sp³-hybridized carbons (Fsp3) is 0.455. The number of hydrogen-bond donors (Lipinski definition) is 2. The molecule has 2 rings (SSSR count). The van der Waals surface area contributed by atoms with Gasteiger partial charge in [-0.25, -0.2) is 9.98 Å². The van der Waals surface area contributed by atoms with Crippen molar-refractivity contribution in [2.45, 2.75) is 52.7 Å². The molecule has 0 bridgehead atoms. The van der Waals surface area contributed by atoms with Crippen LogP contribution in [0.1, 0.15) is 37.5 Å². The molecule has 170 valence electrons. The van der Waals surface area contributed by atoms with Gasteiger partial charge in [-0.1, -0.05) is 30.3 Å². The molecule has 6 nitrogen and oxygen atoms in total. The van der Waals surface area contributed by atoms with Gasteiger partial charge in [0, 0.05) is 25.4 Å². The van der Waals surface area contributed by atoms with Gasteiger partial charge in [-0.3, -0.25) is 0 Å². The third kappa shape index (κ3) is 10.2. The zero-order chi connectivity index (χ0) is 22.7. The average Bonchev–Trinajstić information content (AvgIpc) is 2.71. The van der Waals surface area contributed by atoms with Crippen molar-refractivity contribution in [3.05, 3.63) is 59.3 Å². The van der Waals surface area contributed by atoms with Gasteiger partial charge < -0.3 is 20.1 Å². The van der Waals surface area contributed by atoms with Crippen LogP contribution in [0.5, 0.6) is 5.88 Å². The van der Waals surface area contributed by atoms with Gasteiger partial charge in [0.2, 0.25) is 5.88 Å². The number of aromatic nitrogens is 1. The van der Waals surface area contributed by atoms with Crippen molar-refractivity contribution in [3.8, 4) is 5.88 Å². The van der Waals surface area contributed by atoms with Crippen LogP contribution < -0.4 is 15.4 Å². The molecule has 0 unspecified atom stereocenters. The minimum Gasteiger partial charge on any atom is -0.475 e. The van der Waals surface area contributed by atoms with Crippen LogP contribution in [0.4, 0.5) is 13.2 Å². The molecule has 1 aromatic heterocycles. The number of alkyl halides is 3. The summed E-state index contributed by atoms with van der Waals surface area (Å²) in [4.78, 5) is 8.83. The number of halogens is 3. The molecule has 31 heavy (non-hydrogen) atoms. The molecular weight excluding hydrogens is 409 g/mol. The van der Waals surface area contributed by atoms with E-state index in [-0.39, 0.29) is 12.7 Å². The molecule has 0 aliphatic carbocycles. The molecule has 0 radical (unpaired) electrons. The summed E-state index contributed by atoms with van der Waals surface area (Å²) >= 11 is 0. The fourth-order valence-electron chi connectivity index (χ4n) is 2.55. The van der Waals surface area contributed by atoms with Crippen molar-refractivity contribution in [1.29, 1.82) is 0 Å². The van der Waals surface area contributed by atoms with Gasteiger partial charge in [0.1, 0.15) is 6.61 Å². The SMILES string of the molecule is CCNC(=NCc1ccc(OC(C)C)nc1)NCc1ccc(COCC(F)(F)F)cc1. The van der Waals surface area contributed by atoms with E-state index in [1.54, 1.807) is 18.3 Å². The van der Waals surface area contributed by atoms with Crippen molar-refractivity contribution in [3.63, 3.8) is 0 Å². The summed E-state index contributed by atoms with van der Waals surface area (Å²) in [6.45, 7) is 6.24. The molecule has 0 aliphatic rings. The summed E-state index contributed by atoms with van der Waals surface area (Å²) in [5.74, 6) is 1.24. The zero-order valence-electron chi connectivity index (χ0n) is 18.0. The van der Waals surface area contributed by atoms with Gasteiger partial charge >= 0.3 is 6.18 Å². The second-order valence-electron chi connectivity index (χ2n) is 7.14. The number of guanidine groups is 1. The van der Waals surface area contributed by atoms with Crippen LogP contribution in [-0.2, 0) is 24.4 Å². The molecule has 0 fully saturated rings. The first-order chi connectivity index (χ1) is 14.7. The first-order valence-corrected chi connectivity index (χ1v) is 10.1. The molecule has 1 aromatic carbocycles. The molecule has 2 aromatic rings. The minimum absolute atomic E-state index is 0.0717. The van der Waals surface area contributed by atoms with E-state index < -0.39 is 12.8 Å². The summed E-state index contributed by atoms with van der Waals surface area (Å²) in [5, 5.41) is 6.42. The Labute approximate surface area is 180 Å². The van der Waals surface area contributed by atoms with Crippen LogP contribution in [0, 0.1) is 0 Å². The van der Waals surface area contributed by atoms with Crippen LogP contribution in [-0.4, -0.2) is 36.4 Å². The van der Waals surface area contributed by atoms with Crippen molar-refractivity contribution < 1.29 is 22.6 Å². The number of aliphatic imine (C=N–C) groups is 1. The standard InChI is InChI=1S/C22H29F3N4O2/c1-4-26-21(29-13-19-9-10-20(27-12-19)31-16(2)3)28-11-17-5-7-18(8-6-17)14-30-15-22(23,24)25/h5-10,12,16H,4,11,13-15H2,1-3H3,(H2,26,28,29). The number of benzene rings is 1. The quantitative estimate of drug-likeness (QED) is 0.430. The van der Waals surface area contributed by atoms with E-state index in [0.29, 0.717) is 37.0 Å². The van der Waals surface area contributed by atoms with E-state index in [0.717, 1.165) is 11.1 Å². The van der Waals surface area contributed by atoms with Crippen LogP contribution in [0.3, 0.4) is 0 Å². The van der Waals surface area contributed by atoms with Crippen molar-refractivity contribution >= 4 is 5.96 Å². The molecule has 0 saturated heterocycles. The van der Waals surface area contributed by atoms with E-state index in [4.69, 9.17) is 4.74 Å². The highest BCUT2D eigenvalue weighted by molar-refractivity contribution is 5.79. The van der Waals surface area contributed by atoms with Crippen molar-refractivity contribution in [2.24, 2.45) is 4.99 Å². The van der Waals surface area contributed by atoms with Gasteiger partial charge in [-0.2, -0.15) is 13.2 Å². The van der Waals surface area contributed by atoms with E-state index in [1.165, 1.54) is 0 Å². The Hall–Kier alpha value is -2.81. The first-order valence-electron chi connectivity index (χ1n) is 10.1. The second-order valence-corrected chi connectivity index (χ2v) is 7.14. The number of nitrogens with one attached hydrogen (secondary N) is 2. The van der Waals surface area contributed by atoms with E-state index in [2.05, 4.69) is 25.3 Å². The lowest BCUT2D eigenvalue weighted by atomic mass is 10.1. The molecule has 0 atom stereocenters. The highest BCUT2D eigenvalue weighted by atomic mass is 19.4. The van der Waals surface area contributed by atoms with Gasteiger partial charge in [-0.05, 0) is 37.5 Å². The van der Waals surface area contributed by atoms with Crippen LogP contribution in [0.25, 0.3) is 0 Å². The molecule has 1 heterocycles. The summed E-state index contributed by atoms with van der Waals surface area (Å²) in [5.41, 5.74) is 2.62. The predicted molar refractivity (Wildman–Crippen MR) is 114 cm³/mol. The highest BCUT2D eigenvalue weighted by Crippen LogP contribution is 2.16. The third-order valence-corrected chi connectivity index (χ3v) is 3.94. The number of pyridine rings is 1. The van der Waals surface area contributed by atoms with Gasteiger partial charge in [0.15, 0.2) is 5.96 Å². The summed E-state index contributed by atoms with van der Waals surface area (Å²) in [6.07, 6.45) is -2.50. The monoisotopic (exact) mass is 438 g/mol. The maximum absolute atomic E-state index is 12.1. The lowest BCUT2D eigenvalue weighted by molar-refractivity contribution is -0.176. The Balaban J connectivity index is 1.85. The number of nitrogens with zero attached hydrogens (tertiary/aromatic N) is 2. The minimum atomic E-state index is -4.31. The summed E-state index contributed by atoms with van der Waals surface area (Å²) < 4.78 is 46.6. The Morgan fingerprint density at radius 3 is 2.29 bits per heavy atom. The van der Waals surface area contributed by atoms with E-state index >= 15 is 0 Å². The van der Waals surface area contributed by atoms with Crippen molar-refractivity contribution in [1.82, 2.24) is 15.6 Å². The fourth-order valence-corrected chi connectivity index (χ4v) is 2.55. The van der Waals surface area contributed by atoms with Crippen LogP contribution in [0.15, 0.2) is 47.6 Å². The van der Waals surface area contributed by atoms with Crippen LogP contribution in [0.2, 0.25) is 0 Å². The molecule has 9 heteroatoms. The van der Waals surface area contributed by atoms with Crippen LogP contribution >= 0.6 is 0 Å². The zero-order valence-corrected chi connectivity index (χ0v) is 18.0. The Kier molecular flexibility index (Phi) is 9.58. The maximum Gasteiger partial charge on any atom is 0.411 e. The van der Waals surface area contributed by atoms with Gasteiger partial charge in [0.05, 0.1) is 19.3 Å². The lowest BCUT2D eigenvalue weighted by Crippen LogP contribution is -2.36. The molecule has 0 saturated carbocycles. The summed E-state index contributed by atoms with van der Waals surface area (Å²) in [6, 6.07) is 11.0. The summed E-state index contributed by atoms with van der Waals surface area (Å²) in [7, 11) is 0. The van der Waals surface area contributed by atoms with E-state index in [9.17, 15) is 13.2 Å². The van der Waals surface area contributed by atoms with Gasteiger partial charge in [-0.15, -0.1) is 0 Å². The molecule has 0 amide bonds. The molecular formula is C22H29F3N4O2. The smallest absolute Gasteiger partial charge is 0.411 e. The second kappa shape index (κ2) is 12.1. The Morgan fingerprint density at radius 1 is 1.03 bits per heavy atom. The molecule has 0 aliphatic heterocycles. The topological polar surface area (TPSA) is 67.8 Å². The van der Waals surface area contributed by atoms with Gasteiger partial charge in [0.25, 0.3) is 0 Å². The number of hydrogen-bond acceptors (Lipinski definition) is 4. The van der Waals surface area contributed by atoms with Crippen molar-refractivity contribution in [2.75, 3.05) is 13.2 Å². The lowest BCUT2D eigenvalue weighted by Gasteiger charge is -2.12. The largest absolute Gasteiger partial charge is 0.475 e. The maximum atomic E-state index is 12.1. The number of ether oxygens (including phenoxy) is 2. The Bertz CT molecular complexity index is 807. The molecule has 2 N–H and O–H groups in total. The highest BCUT2D eigenvalue weighted by Gasteiger charge is 2.27.